The normalized spacial score (nSPS) is 14.3. The summed E-state index contributed by atoms with van der Waals surface area (Å²) in [5.41, 5.74) is 3.91. The summed E-state index contributed by atoms with van der Waals surface area (Å²) in [4.78, 5) is 23.3. The molecule has 8 heteroatoms. The van der Waals surface area contributed by atoms with Gasteiger partial charge in [-0.15, -0.1) is 0 Å². The predicted molar refractivity (Wildman–Crippen MR) is 138 cm³/mol. The molecule has 0 bridgehead atoms. The summed E-state index contributed by atoms with van der Waals surface area (Å²) in [6.45, 7) is 9.44. The largest absolute Gasteiger partial charge is 0.496 e. The number of rotatable bonds is 7. The number of piperazine rings is 1. The number of halogens is 1. The lowest BCUT2D eigenvalue weighted by molar-refractivity contribution is 0.112. The third-order valence-corrected chi connectivity index (χ3v) is 6.57. The zero-order valence-corrected chi connectivity index (χ0v) is 20.8. The van der Waals surface area contributed by atoms with Gasteiger partial charge in [0.2, 0.25) is 0 Å². The van der Waals surface area contributed by atoms with E-state index in [1.807, 2.05) is 60.0 Å². The van der Waals surface area contributed by atoms with Gasteiger partial charge in [0.15, 0.2) is 0 Å². The first-order valence-corrected chi connectivity index (χ1v) is 12.1. The van der Waals surface area contributed by atoms with E-state index in [0.29, 0.717) is 5.02 Å². The maximum Gasteiger partial charge on any atom is 0.320 e. The average molecular weight is 482 g/mol. The van der Waals surface area contributed by atoms with Crippen molar-refractivity contribution in [2.75, 3.05) is 51.7 Å². The molecular formula is C26H32ClN5O2. The maximum absolute atomic E-state index is 12.6. The molecule has 0 saturated carbocycles. The number of fused-ring (bicyclic) bond motifs is 1. The van der Waals surface area contributed by atoms with E-state index in [1.54, 1.807) is 13.3 Å². The number of hydrogen-bond donors (Lipinski definition) is 1. The second-order valence-electron chi connectivity index (χ2n) is 8.39. The molecular weight excluding hydrogens is 450 g/mol. The number of ether oxygens (including phenoxy) is 1. The van der Waals surface area contributed by atoms with Crippen LogP contribution in [0.4, 0.5) is 16.2 Å². The number of urea groups is 1. The highest BCUT2D eigenvalue weighted by Crippen LogP contribution is 2.30. The summed E-state index contributed by atoms with van der Waals surface area (Å²) in [5.74, 6) is 0.860. The minimum atomic E-state index is 0.138. The van der Waals surface area contributed by atoms with Gasteiger partial charge in [0, 0.05) is 79.4 Å². The van der Waals surface area contributed by atoms with E-state index in [9.17, 15) is 4.79 Å². The first kappa shape index (κ1) is 24.1. The molecule has 180 valence electrons. The fraction of sp³-hybridized carbons (Fsp3) is 0.385. The lowest BCUT2D eigenvalue weighted by Crippen LogP contribution is -2.52. The highest BCUT2D eigenvalue weighted by molar-refractivity contribution is 6.31. The quantitative estimate of drug-likeness (QED) is 0.501. The Balaban J connectivity index is 1.46. The van der Waals surface area contributed by atoms with Crippen LogP contribution in [0.15, 0.2) is 48.7 Å². The van der Waals surface area contributed by atoms with Gasteiger partial charge in [-0.1, -0.05) is 11.6 Å². The topological polar surface area (TPSA) is 60.9 Å². The van der Waals surface area contributed by atoms with Crippen molar-refractivity contribution in [2.45, 2.75) is 20.4 Å². The van der Waals surface area contributed by atoms with Crippen molar-refractivity contribution in [3.63, 3.8) is 0 Å². The third kappa shape index (κ3) is 5.37. The van der Waals surface area contributed by atoms with Crippen molar-refractivity contribution in [3.8, 4) is 5.75 Å². The van der Waals surface area contributed by atoms with Gasteiger partial charge in [0.05, 0.1) is 12.6 Å². The number of hydrogen-bond acceptors (Lipinski definition) is 5. The molecule has 0 radical (unpaired) electrons. The van der Waals surface area contributed by atoms with Crippen LogP contribution in [0.25, 0.3) is 10.9 Å². The number of benzene rings is 2. The van der Waals surface area contributed by atoms with E-state index < -0.39 is 0 Å². The van der Waals surface area contributed by atoms with E-state index >= 15 is 0 Å². The van der Waals surface area contributed by atoms with Gasteiger partial charge in [-0.2, -0.15) is 0 Å². The standard InChI is InChI=1S/C26H32ClN5O2/c1-4-31(5-2)26(33)32-14-12-30(13-15-32)18-19-16-21(7-9-25(19)34-3)29-23-10-11-28-24-17-20(27)6-8-22(23)24/h6-11,16-17H,4-5,12-15,18H2,1-3H3,(H,28,29). The van der Waals surface area contributed by atoms with E-state index in [0.717, 1.165) is 79.4 Å². The molecule has 34 heavy (non-hydrogen) atoms. The summed E-state index contributed by atoms with van der Waals surface area (Å²) in [6, 6.07) is 14.0. The first-order chi connectivity index (χ1) is 16.5. The minimum absolute atomic E-state index is 0.138. The Bertz CT molecular complexity index is 1140. The van der Waals surface area contributed by atoms with Crippen molar-refractivity contribution >= 4 is 39.9 Å². The van der Waals surface area contributed by atoms with Crippen LogP contribution in [0.3, 0.4) is 0 Å². The monoisotopic (exact) mass is 481 g/mol. The smallest absolute Gasteiger partial charge is 0.320 e. The number of nitrogens with one attached hydrogen (secondary N) is 1. The van der Waals surface area contributed by atoms with Gasteiger partial charge in [-0.3, -0.25) is 9.88 Å². The Morgan fingerprint density at radius 3 is 2.56 bits per heavy atom. The van der Waals surface area contributed by atoms with Crippen LogP contribution in [0.5, 0.6) is 5.75 Å². The summed E-state index contributed by atoms with van der Waals surface area (Å²) in [6.07, 6.45) is 1.78. The van der Waals surface area contributed by atoms with Gasteiger partial charge in [0.1, 0.15) is 5.75 Å². The highest BCUT2D eigenvalue weighted by atomic mass is 35.5. The molecule has 2 aromatic carbocycles. The second-order valence-corrected chi connectivity index (χ2v) is 8.83. The Morgan fingerprint density at radius 1 is 1.09 bits per heavy atom. The molecule has 1 aromatic heterocycles. The minimum Gasteiger partial charge on any atom is -0.496 e. The van der Waals surface area contributed by atoms with Gasteiger partial charge < -0.3 is 19.9 Å². The van der Waals surface area contributed by atoms with Crippen LogP contribution < -0.4 is 10.1 Å². The Hall–Kier alpha value is -3.03. The van der Waals surface area contributed by atoms with E-state index in [-0.39, 0.29) is 6.03 Å². The highest BCUT2D eigenvalue weighted by Gasteiger charge is 2.24. The molecule has 1 aliphatic rings. The summed E-state index contributed by atoms with van der Waals surface area (Å²) in [7, 11) is 1.70. The molecule has 3 aromatic rings. The molecule has 2 amide bonds. The second kappa shape index (κ2) is 10.9. The summed E-state index contributed by atoms with van der Waals surface area (Å²) < 4.78 is 5.65. The average Bonchev–Trinajstić information content (AvgIpc) is 2.85. The number of anilines is 2. The fourth-order valence-corrected chi connectivity index (χ4v) is 4.56. The molecule has 1 saturated heterocycles. The molecule has 1 N–H and O–H groups in total. The molecule has 0 atom stereocenters. The Labute approximate surface area is 206 Å². The zero-order chi connectivity index (χ0) is 24.1. The molecule has 1 fully saturated rings. The van der Waals surface area contributed by atoms with Crippen molar-refractivity contribution < 1.29 is 9.53 Å². The number of pyridine rings is 1. The number of aromatic nitrogens is 1. The number of carbonyl (C=O) groups excluding carboxylic acids is 1. The van der Waals surface area contributed by atoms with Gasteiger partial charge in [-0.25, -0.2) is 4.79 Å². The van der Waals surface area contributed by atoms with Crippen LogP contribution in [0, 0.1) is 0 Å². The van der Waals surface area contributed by atoms with Crippen molar-refractivity contribution in [2.24, 2.45) is 0 Å². The SMILES string of the molecule is CCN(CC)C(=O)N1CCN(Cc2cc(Nc3ccnc4cc(Cl)ccc34)ccc2OC)CC1. The van der Waals surface area contributed by atoms with Crippen molar-refractivity contribution in [1.29, 1.82) is 0 Å². The Kier molecular flexibility index (Phi) is 7.75. The molecule has 0 unspecified atom stereocenters. The van der Waals surface area contributed by atoms with Crippen LogP contribution in [0.1, 0.15) is 19.4 Å². The lowest BCUT2D eigenvalue weighted by Gasteiger charge is -2.37. The summed E-state index contributed by atoms with van der Waals surface area (Å²) >= 11 is 6.13. The van der Waals surface area contributed by atoms with Crippen molar-refractivity contribution in [3.05, 3.63) is 59.2 Å². The molecule has 2 heterocycles. The lowest BCUT2D eigenvalue weighted by atomic mass is 10.1. The van der Waals surface area contributed by atoms with E-state index in [4.69, 9.17) is 16.3 Å². The maximum atomic E-state index is 12.6. The fourth-order valence-electron chi connectivity index (χ4n) is 4.40. The predicted octanol–water partition coefficient (Wildman–Crippen LogP) is 5.22. The first-order valence-electron chi connectivity index (χ1n) is 11.8. The molecule has 0 spiro atoms. The van der Waals surface area contributed by atoms with Crippen LogP contribution in [0.2, 0.25) is 5.02 Å². The molecule has 1 aliphatic heterocycles. The number of nitrogens with zero attached hydrogens (tertiary/aromatic N) is 4. The zero-order valence-electron chi connectivity index (χ0n) is 20.1. The van der Waals surface area contributed by atoms with Gasteiger partial charge >= 0.3 is 6.03 Å². The number of amides is 2. The van der Waals surface area contributed by atoms with Crippen molar-refractivity contribution in [1.82, 2.24) is 19.7 Å². The molecule has 0 aliphatic carbocycles. The van der Waals surface area contributed by atoms with Crippen LogP contribution >= 0.6 is 11.6 Å². The van der Waals surface area contributed by atoms with E-state index in [1.165, 1.54) is 0 Å². The molecule has 7 nitrogen and oxygen atoms in total. The van der Waals surface area contributed by atoms with Gasteiger partial charge in [-0.05, 0) is 56.3 Å². The van der Waals surface area contributed by atoms with E-state index in [2.05, 4.69) is 21.3 Å². The number of carbonyl (C=O) groups is 1. The van der Waals surface area contributed by atoms with Crippen LogP contribution in [-0.2, 0) is 6.54 Å². The number of methoxy groups -OCH3 is 1. The van der Waals surface area contributed by atoms with Crippen LogP contribution in [-0.4, -0.2) is 72.1 Å². The Morgan fingerprint density at radius 2 is 1.85 bits per heavy atom. The molecule has 4 rings (SSSR count). The van der Waals surface area contributed by atoms with Gasteiger partial charge in [0.25, 0.3) is 0 Å². The summed E-state index contributed by atoms with van der Waals surface area (Å²) in [5, 5.41) is 5.21. The third-order valence-electron chi connectivity index (χ3n) is 6.33.